The van der Waals surface area contributed by atoms with Crippen molar-refractivity contribution >= 4 is 11.7 Å². The summed E-state index contributed by atoms with van der Waals surface area (Å²) in [4.78, 5) is 38.6. The molecule has 96 valence electrons. The number of pyridine rings is 1. The Morgan fingerprint density at radius 1 is 1.28 bits per heavy atom. The van der Waals surface area contributed by atoms with Gasteiger partial charge in [0.2, 0.25) is 5.56 Å². The monoisotopic (exact) mass is 248 g/mol. The lowest BCUT2D eigenvalue weighted by atomic mass is 9.93. The van der Waals surface area contributed by atoms with Gasteiger partial charge in [-0.2, -0.15) is 0 Å². The Labute approximate surface area is 105 Å². The zero-order valence-corrected chi connectivity index (χ0v) is 10.3. The number of nitrogens with zero attached hydrogens (tertiary/aromatic N) is 1. The first-order valence-electron chi connectivity index (χ1n) is 6.06. The molecule has 1 saturated carbocycles. The molecule has 1 aromatic heterocycles. The normalized spacial score (nSPS) is 16.6. The number of Topliss-reactive ketones (excluding diaryl/α,β-unsaturated/α-hetero) is 1. The van der Waals surface area contributed by atoms with Gasteiger partial charge in [-0.1, -0.05) is 6.07 Å². The Bertz CT molecular complexity index is 511. The molecule has 0 saturated heterocycles. The third kappa shape index (κ3) is 2.67. The maximum absolute atomic E-state index is 12.1. The molecular formula is C13H16N2O3. The zero-order chi connectivity index (χ0) is 13.1. The number of aromatic nitrogens is 1. The lowest BCUT2D eigenvalue weighted by Crippen LogP contribution is -2.40. The average molecular weight is 248 g/mol. The molecule has 0 aromatic carbocycles. The van der Waals surface area contributed by atoms with Crippen molar-refractivity contribution in [1.29, 1.82) is 0 Å². The number of carbonyl (C=O) groups excluding carboxylic acids is 2. The first-order valence-corrected chi connectivity index (χ1v) is 6.06. The van der Waals surface area contributed by atoms with E-state index in [-0.39, 0.29) is 23.3 Å². The van der Waals surface area contributed by atoms with Crippen LogP contribution in [0.1, 0.15) is 36.2 Å². The van der Waals surface area contributed by atoms with E-state index in [0.29, 0.717) is 31.4 Å². The first kappa shape index (κ1) is 12.5. The summed E-state index contributed by atoms with van der Waals surface area (Å²) < 4.78 is 0. The quantitative estimate of drug-likeness (QED) is 0.847. The van der Waals surface area contributed by atoms with Crippen LogP contribution in [0.2, 0.25) is 0 Å². The van der Waals surface area contributed by atoms with Gasteiger partial charge in [0.1, 0.15) is 11.5 Å². The van der Waals surface area contributed by atoms with Gasteiger partial charge < -0.3 is 9.88 Å². The van der Waals surface area contributed by atoms with Crippen LogP contribution in [0.15, 0.2) is 23.0 Å². The molecule has 1 fully saturated rings. The molecule has 0 spiro atoms. The highest BCUT2D eigenvalue weighted by Gasteiger charge is 2.26. The summed E-state index contributed by atoms with van der Waals surface area (Å²) in [6.07, 6.45) is 2.48. The molecule has 0 bridgehead atoms. The van der Waals surface area contributed by atoms with Crippen molar-refractivity contribution in [3.8, 4) is 0 Å². The molecule has 18 heavy (non-hydrogen) atoms. The summed E-state index contributed by atoms with van der Waals surface area (Å²) >= 11 is 0. The molecule has 1 aliphatic carbocycles. The topological polar surface area (TPSA) is 70.2 Å². The number of nitrogens with one attached hydrogen (secondary N) is 1. The second-order valence-electron chi connectivity index (χ2n) is 4.61. The summed E-state index contributed by atoms with van der Waals surface area (Å²) in [6.45, 7) is 0. The van der Waals surface area contributed by atoms with Gasteiger partial charge in [-0.3, -0.25) is 14.4 Å². The van der Waals surface area contributed by atoms with Crippen LogP contribution in [0.3, 0.4) is 0 Å². The highest BCUT2D eigenvalue weighted by atomic mass is 16.2. The maximum Gasteiger partial charge on any atom is 0.270 e. The van der Waals surface area contributed by atoms with Crippen LogP contribution in [-0.4, -0.2) is 34.7 Å². The number of ketones is 1. The van der Waals surface area contributed by atoms with E-state index < -0.39 is 0 Å². The Morgan fingerprint density at radius 3 is 2.56 bits per heavy atom. The van der Waals surface area contributed by atoms with Gasteiger partial charge in [0, 0.05) is 32.0 Å². The molecule has 1 aromatic rings. The molecule has 0 radical (unpaired) electrons. The predicted molar refractivity (Wildman–Crippen MR) is 66.4 cm³/mol. The fraction of sp³-hybridized carbons (Fsp3) is 0.462. The van der Waals surface area contributed by atoms with E-state index in [4.69, 9.17) is 0 Å². The predicted octanol–water partition coefficient (Wildman–Crippen LogP) is 0.959. The van der Waals surface area contributed by atoms with Crippen LogP contribution in [0.4, 0.5) is 0 Å². The van der Waals surface area contributed by atoms with Crippen molar-refractivity contribution in [2.45, 2.75) is 31.7 Å². The van der Waals surface area contributed by atoms with Crippen LogP contribution >= 0.6 is 0 Å². The van der Waals surface area contributed by atoms with Crippen molar-refractivity contribution in [1.82, 2.24) is 9.88 Å². The number of H-pyrrole nitrogens is 1. The second-order valence-corrected chi connectivity index (χ2v) is 4.61. The second kappa shape index (κ2) is 5.16. The third-order valence-electron chi connectivity index (χ3n) is 3.38. The molecule has 1 N–H and O–H groups in total. The van der Waals surface area contributed by atoms with Crippen LogP contribution in [0, 0.1) is 0 Å². The standard InChI is InChI=1S/C13H16N2O3/c1-15(9-5-7-10(16)8-6-9)13(18)11-3-2-4-12(17)14-11/h2-4,9H,5-8H2,1H3,(H,14,17). The lowest BCUT2D eigenvalue weighted by molar-refractivity contribution is -0.121. The van der Waals surface area contributed by atoms with E-state index in [1.807, 2.05) is 0 Å². The number of amides is 1. The zero-order valence-electron chi connectivity index (χ0n) is 10.3. The van der Waals surface area contributed by atoms with Gasteiger partial charge in [-0.05, 0) is 18.9 Å². The molecule has 2 rings (SSSR count). The van der Waals surface area contributed by atoms with Crippen LogP contribution in [0.5, 0.6) is 0 Å². The van der Waals surface area contributed by atoms with Gasteiger partial charge in [0.05, 0.1) is 0 Å². The molecule has 0 aliphatic heterocycles. The van der Waals surface area contributed by atoms with Gasteiger partial charge in [0.15, 0.2) is 0 Å². The average Bonchev–Trinajstić information content (AvgIpc) is 2.38. The minimum Gasteiger partial charge on any atom is -0.337 e. The van der Waals surface area contributed by atoms with Crippen molar-refractivity contribution in [3.05, 3.63) is 34.2 Å². The number of aromatic amines is 1. The summed E-state index contributed by atoms with van der Waals surface area (Å²) in [6, 6.07) is 4.60. The molecule has 1 heterocycles. The van der Waals surface area contributed by atoms with Crippen LogP contribution in [0.25, 0.3) is 0 Å². The third-order valence-corrected chi connectivity index (χ3v) is 3.38. The summed E-state index contributed by atoms with van der Waals surface area (Å²) in [5.74, 6) is 0.0623. The minimum absolute atomic E-state index is 0.0823. The van der Waals surface area contributed by atoms with E-state index in [1.54, 1.807) is 24.1 Å². The molecular weight excluding hydrogens is 232 g/mol. The van der Waals surface area contributed by atoms with E-state index >= 15 is 0 Å². The SMILES string of the molecule is CN(C(=O)c1cccc(=O)[nH]1)C1CCC(=O)CC1. The Balaban J connectivity index is 2.09. The molecule has 0 unspecified atom stereocenters. The van der Waals surface area contributed by atoms with Crippen LogP contribution in [-0.2, 0) is 4.79 Å². The van der Waals surface area contributed by atoms with E-state index in [2.05, 4.69) is 4.98 Å². The van der Waals surface area contributed by atoms with E-state index in [1.165, 1.54) is 6.07 Å². The summed E-state index contributed by atoms with van der Waals surface area (Å²) in [7, 11) is 1.72. The van der Waals surface area contributed by atoms with Crippen molar-refractivity contribution in [2.24, 2.45) is 0 Å². The van der Waals surface area contributed by atoms with E-state index in [0.717, 1.165) is 0 Å². The number of hydrogen-bond acceptors (Lipinski definition) is 3. The highest BCUT2D eigenvalue weighted by molar-refractivity contribution is 5.92. The van der Waals surface area contributed by atoms with Gasteiger partial charge >= 0.3 is 0 Å². The fourth-order valence-corrected chi connectivity index (χ4v) is 2.24. The minimum atomic E-state index is -0.284. The molecule has 5 nitrogen and oxygen atoms in total. The largest absolute Gasteiger partial charge is 0.337 e. The van der Waals surface area contributed by atoms with Crippen molar-refractivity contribution in [2.75, 3.05) is 7.05 Å². The number of hydrogen-bond donors (Lipinski definition) is 1. The molecule has 5 heteroatoms. The van der Waals surface area contributed by atoms with E-state index in [9.17, 15) is 14.4 Å². The molecule has 0 atom stereocenters. The van der Waals surface area contributed by atoms with Crippen molar-refractivity contribution in [3.63, 3.8) is 0 Å². The maximum atomic E-state index is 12.1. The Morgan fingerprint density at radius 2 is 1.94 bits per heavy atom. The Kier molecular flexibility index (Phi) is 3.60. The number of carbonyl (C=O) groups is 2. The fourth-order valence-electron chi connectivity index (χ4n) is 2.24. The van der Waals surface area contributed by atoms with Gasteiger partial charge in [-0.25, -0.2) is 0 Å². The summed E-state index contributed by atoms with van der Waals surface area (Å²) in [5.41, 5.74) is 0.00923. The van der Waals surface area contributed by atoms with Gasteiger partial charge in [-0.15, -0.1) is 0 Å². The summed E-state index contributed by atoms with van der Waals surface area (Å²) in [5, 5.41) is 0. The smallest absolute Gasteiger partial charge is 0.270 e. The van der Waals surface area contributed by atoms with Gasteiger partial charge in [0.25, 0.3) is 5.91 Å². The van der Waals surface area contributed by atoms with Crippen LogP contribution < -0.4 is 5.56 Å². The molecule has 1 aliphatic rings. The number of rotatable bonds is 2. The highest BCUT2D eigenvalue weighted by Crippen LogP contribution is 2.20. The first-order chi connectivity index (χ1) is 8.58. The lowest BCUT2D eigenvalue weighted by Gasteiger charge is -2.30. The Hall–Kier alpha value is -1.91. The van der Waals surface area contributed by atoms with Crippen molar-refractivity contribution < 1.29 is 9.59 Å². The molecule has 1 amide bonds.